The number of rotatable bonds is 9. The Balaban J connectivity index is 1.34. The van der Waals surface area contributed by atoms with Gasteiger partial charge in [-0.05, 0) is 36.1 Å². The minimum atomic E-state index is 0.0683. The molecule has 0 aliphatic heterocycles. The molecular formula is C24H27N7O2. The van der Waals surface area contributed by atoms with Crippen LogP contribution in [0.3, 0.4) is 0 Å². The number of H-pyrrole nitrogens is 1. The van der Waals surface area contributed by atoms with Crippen molar-refractivity contribution in [3.8, 4) is 0 Å². The highest BCUT2D eigenvalue weighted by atomic mass is 16.7. The van der Waals surface area contributed by atoms with E-state index in [-0.39, 0.29) is 12.5 Å². The summed E-state index contributed by atoms with van der Waals surface area (Å²) in [7, 11) is 0. The fourth-order valence-corrected chi connectivity index (χ4v) is 4.45. The SMILES string of the molecule is O=C(CCC1CCCC1)N(Cc1nn[nH]n1)c1ccc2c(cnn2OCc2ccccc2)c1. The second kappa shape index (κ2) is 9.81. The van der Waals surface area contributed by atoms with Gasteiger partial charge in [0.25, 0.3) is 0 Å². The lowest BCUT2D eigenvalue weighted by Gasteiger charge is -2.22. The lowest BCUT2D eigenvalue weighted by atomic mass is 10.0. The number of nitrogens with zero attached hydrogens (tertiary/aromatic N) is 6. The number of hydrogen-bond acceptors (Lipinski definition) is 6. The van der Waals surface area contributed by atoms with Crippen LogP contribution in [0.1, 0.15) is 49.9 Å². The molecule has 1 fully saturated rings. The van der Waals surface area contributed by atoms with E-state index in [4.69, 9.17) is 4.84 Å². The number of hydrogen-bond donors (Lipinski definition) is 1. The van der Waals surface area contributed by atoms with E-state index in [1.54, 1.807) is 11.1 Å². The van der Waals surface area contributed by atoms with Gasteiger partial charge in [-0.15, -0.1) is 15.3 Å². The van der Waals surface area contributed by atoms with Crippen molar-refractivity contribution >= 4 is 22.5 Å². The van der Waals surface area contributed by atoms with Gasteiger partial charge >= 0.3 is 0 Å². The van der Waals surface area contributed by atoms with Crippen LogP contribution in [0.5, 0.6) is 0 Å². The third-order valence-electron chi connectivity index (χ3n) is 6.26. The Labute approximate surface area is 191 Å². The van der Waals surface area contributed by atoms with E-state index in [9.17, 15) is 4.79 Å². The normalized spacial score (nSPS) is 14.1. The predicted octanol–water partition coefficient (Wildman–Crippen LogP) is 3.68. The van der Waals surface area contributed by atoms with Crippen LogP contribution in [-0.2, 0) is 17.9 Å². The molecule has 9 nitrogen and oxygen atoms in total. The summed E-state index contributed by atoms with van der Waals surface area (Å²) in [5.74, 6) is 1.20. The molecule has 2 aromatic carbocycles. The van der Waals surface area contributed by atoms with E-state index in [1.165, 1.54) is 30.5 Å². The van der Waals surface area contributed by atoms with Crippen LogP contribution in [0, 0.1) is 5.92 Å². The van der Waals surface area contributed by atoms with Crippen molar-refractivity contribution in [2.24, 2.45) is 5.92 Å². The van der Waals surface area contributed by atoms with E-state index < -0.39 is 0 Å². The fourth-order valence-electron chi connectivity index (χ4n) is 4.45. The molecule has 170 valence electrons. The van der Waals surface area contributed by atoms with Crippen molar-refractivity contribution in [1.82, 2.24) is 30.6 Å². The van der Waals surface area contributed by atoms with Crippen LogP contribution < -0.4 is 9.74 Å². The van der Waals surface area contributed by atoms with Gasteiger partial charge in [0.05, 0.1) is 12.7 Å². The average molecular weight is 446 g/mol. The molecule has 5 rings (SSSR count). The number of amides is 1. The molecule has 9 heteroatoms. The number of benzene rings is 2. The zero-order valence-corrected chi connectivity index (χ0v) is 18.4. The third kappa shape index (κ3) is 5.02. The van der Waals surface area contributed by atoms with E-state index in [2.05, 4.69) is 25.7 Å². The smallest absolute Gasteiger partial charge is 0.227 e. The van der Waals surface area contributed by atoms with Gasteiger partial charge < -0.3 is 9.74 Å². The van der Waals surface area contributed by atoms with Crippen molar-refractivity contribution in [1.29, 1.82) is 0 Å². The van der Waals surface area contributed by atoms with Crippen LogP contribution in [0.25, 0.3) is 10.9 Å². The van der Waals surface area contributed by atoms with Gasteiger partial charge in [0.15, 0.2) is 5.82 Å². The maximum atomic E-state index is 13.2. The number of carbonyl (C=O) groups excluding carboxylic acids is 1. The number of carbonyl (C=O) groups is 1. The summed E-state index contributed by atoms with van der Waals surface area (Å²) in [5.41, 5.74) is 2.69. The summed E-state index contributed by atoms with van der Waals surface area (Å²) in [5, 5.41) is 19.4. The van der Waals surface area contributed by atoms with E-state index in [0.717, 1.165) is 28.6 Å². The van der Waals surface area contributed by atoms with E-state index in [1.807, 2.05) is 48.5 Å². The molecule has 0 spiro atoms. The van der Waals surface area contributed by atoms with Crippen LogP contribution in [0.15, 0.2) is 54.7 Å². The molecule has 1 aliphatic carbocycles. The average Bonchev–Trinajstić information content (AvgIpc) is 3.62. The summed E-state index contributed by atoms with van der Waals surface area (Å²) in [6.07, 6.45) is 8.20. The third-order valence-corrected chi connectivity index (χ3v) is 6.26. The number of tetrazole rings is 1. The number of fused-ring (bicyclic) bond motifs is 1. The number of aromatic nitrogens is 6. The molecule has 2 aromatic heterocycles. The molecule has 0 unspecified atom stereocenters. The largest absolute Gasteiger partial charge is 0.391 e. The monoisotopic (exact) mass is 445 g/mol. The molecule has 0 atom stereocenters. The van der Waals surface area contributed by atoms with Crippen LogP contribution in [0.2, 0.25) is 0 Å². The maximum Gasteiger partial charge on any atom is 0.227 e. The van der Waals surface area contributed by atoms with Crippen LogP contribution in [0.4, 0.5) is 5.69 Å². The van der Waals surface area contributed by atoms with Crippen molar-refractivity contribution in [3.63, 3.8) is 0 Å². The van der Waals surface area contributed by atoms with Gasteiger partial charge in [-0.3, -0.25) is 4.79 Å². The Hall–Kier alpha value is -3.75. The molecule has 0 bridgehead atoms. The van der Waals surface area contributed by atoms with Crippen LogP contribution >= 0.6 is 0 Å². The standard InChI is InChI=1S/C24H27N7O2/c32-24(13-10-18-6-4-5-7-18)30(16-23-26-28-29-27-23)21-11-12-22-20(14-21)15-25-31(22)33-17-19-8-2-1-3-9-19/h1-3,8-9,11-12,14-15,18H,4-7,10,13,16-17H2,(H,26,27,28,29). The van der Waals surface area contributed by atoms with E-state index in [0.29, 0.717) is 24.8 Å². The van der Waals surface area contributed by atoms with Crippen molar-refractivity contribution in [2.45, 2.75) is 51.7 Å². The molecule has 1 N–H and O–H groups in total. The molecule has 33 heavy (non-hydrogen) atoms. The number of nitrogens with one attached hydrogen (secondary N) is 1. The Morgan fingerprint density at radius 2 is 2.00 bits per heavy atom. The zero-order valence-electron chi connectivity index (χ0n) is 18.4. The minimum Gasteiger partial charge on any atom is -0.391 e. The summed E-state index contributed by atoms with van der Waals surface area (Å²) in [4.78, 5) is 22.4. The second-order valence-corrected chi connectivity index (χ2v) is 8.52. The molecule has 2 heterocycles. The predicted molar refractivity (Wildman–Crippen MR) is 123 cm³/mol. The Morgan fingerprint density at radius 1 is 1.15 bits per heavy atom. The van der Waals surface area contributed by atoms with Gasteiger partial charge in [-0.25, -0.2) is 0 Å². The lowest BCUT2D eigenvalue weighted by molar-refractivity contribution is -0.119. The van der Waals surface area contributed by atoms with Crippen molar-refractivity contribution < 1.29 is 9.63 Å². The highest BCUT2D eigenvalue weighted by Crippen LogP contribution is 2.30. The quantitative estimate of drug-likeness (QED) is 0.422. The lowest BCUT2D eigenvalue weighted by Crippen LogP contribution is -2.31. The highest BCUT2D eigenvalue weighted by molar-refractivity contribution is 5.95. The Bertz CT molecular complexity index is 1180. The summed E-state index contributed by atoms with van der Waals surface area (Å²) in [6, 6.07) is 15.8. The van der Waals surface area contributed by atoms with Gasteiger partial charge in [0.2, 0.25) is 5.91 Å². The van der Waals surface area contributed by atoms with Crippen molar-refractivity contribution in [3.05, 3.63) is 66.1 Å². The fraction of sp³-hybridized carbons (Fsp3) is 0.375. The topological polar surface area (TPSA) is 102 Å². The van der Waals surface area contributed by atoms with Gasteiger partial charge in [0, 0.05) is 17.5 Å². The molecule has 0 saturated heterocycles. The number of anilines is 1. The van der Waals surface area contributed by atoms with Gasteiger partial charge in [0.1, 0.15) is 12.1 Å². The first kappa shape index (κ1) is 21.1. The van der Waals surface area contributed by atoms with Gasteiger partial charge in [-0.1, -0.05) is 66.1 Å². The summed E-state index contributed by atoms with van der Waals surface area (Å²) in [6.45, 7) is 0.688. The zero-order chi connectivity index (χ0) is 22.5. The molecule has 1 amide bonds. The first-order valence-electron chi connectivity index (χ1n) is 11.4. The Kier molecular flexibility index (Phi) is 6.27. The van der Waals surface area contributed by atoms with Crippen LogP contribution in [-0.4, -0.2) is 36.5 Å². The molecular weight excluding hydrogens is 418 g/mol. The highest BCUT2D eigenvalue weighted by Gasteiger charge is 2.22. The maximum absolute atomic E-state index is 13.2. The first-order valence-corrected chi connectivity index (χ1v) is 11.4. The minimum absolute atomic E-state index is 0.0683. The molecule has 0 radical (unpaired) electrons. The first-order chi connectivity index (χ1) is 16.3. The Morgan fingerprint density at radius 3 is 2.79 bits per heavy atom. The van der Waals surface area contributed by atoms with Crippen molar-refractivity contribution in [2.75, 3.05) is 4.90 Å². The molecule has 1 aliphatic rings. The molecule has 4 aromatic rings. The summed E-state index contributed by atoms with van der Waals surface area (Å²) >= 11 is 0. The second-order valence-electron chi connectivity index (χ2n) is 8.52. The molecule has 1 saturated carbocycles. The van der Waals surface area contributed by atoms with E-state index >= 15 is 0 Å². The van der Waals surface area contributed by atoms with Gasteiger partial charge in [-0.2, -0.15) is 5.21 Å². The summed E-state index contributed by atoms with van der Waals surface area (Å²) < 4.78 is 0. The number of aromatic amines is 1.